The van der Waals surface area contributed by atoms with Gasteiger partial charge >= 0.3 is 0 Å². The van der Waals surface area contributed by atoms with Gasteiger partial charge < -0.3 is 9.47 Å². The van der Waals surface area contributed by atoms with Crippen LogP contribution >= 0.6 is 28.1 Å². The number of hydrogen-bond acceptors (Lipinski definition) is 5. The van der Waals surface area contributed by atoms with Gasteiger partial charge in [-0.25, -0.2) is 0 Å². The number of carbonyl (C=O) groups excluding carboxylic acids is 2. The predicted molar refractivity (Wildman–Crippen MR) is 123 cm³/mol. The van der Waals surface area contributed by atoms with Crippen LogP contribution in [0.5, 0.6) is 11.5 Å². The molecule has 7 nitrogen and oxygen atoms in total. The van der Waals surface area contributed by atoms with Crippen molar-refractivity contribution in [1.29, 1.82) is 0 Å². The number of hydrogen-bond donors (Lipinski definition) is 3. The summed E-state index contributed by atoms with van der Waals surface area (Å²) in [5.41, 5.74) is 7.23. The predicted octanol–water partition coefficient (Wildman–Crippen LogP) is 3.57. The van der Waals surface area contributed by atoms with Gasteiger partial charge in [0.15, 0.2) is 11.7 Å². The molecule has 0 saturated carbocycles. The highest BCUT2D eigenvalue weighted by Crippen LogP contribution is 2.24. The Hall–Kier alpha value is -2.65. The van der Waals surface area contributed by atoms with Crippen LogP contribution in [0, 0.1) is 13.8 Å². The molecular weight excluding hydrogens is 470 g/mol. The summed E-state index contributed by atoms with van der Waals surface area (Å²) >= 11 is 8.41. The maximum absolute atomic E-state index is 12.6. The number of nitrogens with one attached hydrogen (secondary N) is 3. The Morgan fingerprint density at radius 2 is 1.77 bits per heavy atom. The van der Waals surface area contributed by atoms with Gasteiger partial charge in [0, 0.05) is 4.47 Å². The Labute approximate surface area is 189 Å². The third-order valence-corrected chi connectivity index (χ3v) is 4.48. The van der Waals surface area contributed by atoms with E-state index in [1.807, 2.05) is 45.9 Å². The van der Waals surface area contributed by atoms with E-state index in [1.54, 1.807) is 18.2 Å². The molecule has 2 aromatic carbocycles. The van der Waals surface area contributed by atoms with Gasteiger partial charge in [-0.3, -0.25) is 25.8 Å². The Bertz CT molecular complexity index is 950. The first kappa shape index (κ1) is 23.6. The summed E-state index contributed by atoms with van der Waals surface area (Å²) in [6.45, 7) is 7.42. The van der Waals surface area contributed by atoms with Gasteiger partial charge in [-0.1, -0.05) is 33.6 Å². The molecule has 0 aliphatic rings. The summed E-state index contributed by atoms with van der Waals surface area (Å²) in [7, 11) is 0. The molecule has 3 N–H and O–H groups in total. The Kier molecular flexibility index (Phi) is 8.61. The Balaban J connectivity index is 1.86. The van der Waals surface area contributed by atoms with Crippen molar-refractivity contribution in [1.82, 2.24) is 16.2 Å². The molecule has 0 fully saturated rings. The molecule has 0 aliphatic heterocycles. The van der Waals surface area contributed by atoms with E-state index in [0.29, 0.717) is 17.1 Å². The number of thiocarbonyl (C=S) groups is 1. The smallest absolute Gasteiger partial charge is 0.276 e. The summed E-state index contributed by atoms with van der Waals surface area (Å²) in [4.78, 5) is 24.5. The minimum atomic E-state index is -0.467. The van der Waals surface area contributed by atoms with Crippen LogP contribution < -0.4 is 25.6 Å². The number of rotatable bonds is 6. The average Bonchev–Trinajstić information content (AvgIpc) is 2.66. The van der Waals surface area contributed by atoms with E-state index < -0.39 is 11.8 Å². The minimum absolute atomic E-state index is 0.0599. The lowest BCUT2D eigenvalue weighted by Gasteiger charge is -2.15. The lowest BCUT2D eigenvalue weighted by molar-refractivity contribution is -0.123. The fourth-order valence-corrected chi connectivity index (χ4v) is 3.01. The van der Waals surface area contributed by atoms with Crippen LogP contribution in [0.2, 0.25) is 0 Å². The van der Waals surface area contributed by atoms with Crippen LogP contribution in [0.1, 0.15) is 35.3 Å². The van der Waals surface area contributed by atoms with Crippen molar-refractivity contribution < 1.29 is 19.1 Å². The SMILES string of the molecule is Cc1ccc(OCC(=O)NNC(=S)NC(=O)c2cc(Br)ccc2OC(C)C)c(C)c1. The van der Waals surface area contributed by atoms with E-state index in [9.17, 15) is 9.59 Å². The molecule has 0 aliphatic carbocycles. The fourth-order valence-electron chi connectivity index (χ4n) is 2.51. The zero-order valence-corrected chi connectivity index (χ0v) is 19.6. The van der Waals surface area contributed by atoms with Crippen molar-refractivity contribution in [3.8, 4) is 11.5 Å². The second kappa shape index (κ2) is 10.9. The lowest BCUT2D eigenvalue weighted by atomic mass is 10.1. The van der Waals surface area contributed by atoms with Crippen LogP contribution in [0.4, 0.5) is 0 Å². The maximum Gasteiger partial charge on any atom is 0.276 e. The normalized spacial score (nSPS) is 10.3. The van der Waals surface area contributed by atoms with Crippen molar-refractivity contribution in [3.05, 3.63) is 57.6 Å². The highest BCUT2D eigenvalue weighted by Gasteiger charge is 2.16. The molecule has 0 spiro atoms. The second-order valence-electron chi connectivity index (χ2n) is 6.82. The fraction of sp³-hybridized carbons (Fsp3) is 0.286. The molecule has 0 bridgehead atoms. The Morgan fingerprint density at radius 1 is 1.07 bits per heavy atom. The van der Waals surface area contributed by atoms with E-state index in [4.69, 9.17) is 21.7 Å². The van der Waals surface area contributed by atoms with Crippen LogP contribution in [0.15, 0.2) is 40.9 Å². The van der Waals surface area contributed by atoms with Crippen LogP contribution in [-0.4, -0.2) is 29.6 Å². The summed E-state index contributed by atoms with van der Waals surface area (Å²) in [5, 5.41) is 2.45. The quantitative estimate of drug-likeness (QED) is 0.421. The number of amides is 2. The van der Waals surface area contributed by atoms with E-state index in [0.717, 1.165) is 15.6 Å². The molecule has 2 aromatic rings. The number of benzene rings is 2. The first-order chi connectivity index (χ1) is 14.2. The van der Waals surface area contributed by atoms with Gasteiger partial charge in [0.25, 0.3) is 11.8 Å². The molecular formula is C21H24BrN3O4S. The minimum Gasteiger partial charge on any atom is -0.490 e. The number of ether oxygens (including phenoxy) is 2. The van der Waals surface area contributed by atoms with Gasteiger partial charge in [0.1, 0.15) is 11.5 Å². The molecule has 2 rings (SSSR count). The standard InChI is InChI=1S/C21H24BrN3O4S/c1-12(2)29-18-8-6-15(22)10-16(18)20(27)23-21(30)25-24-19(26)11-28-17-7-5-13(3)9-14(17)4/h5-10,12H,11H2,1-4H3,(H,24,26)(H2,23,25,27,30). The average molecular weight is 494 g/mol. The topological polar surface area (TPSA) is 88.7 Å². The number of carbonyl (C=O) groups is 2. The molecule has 0 unspecified atom stereocenters. The zero-order valence-electron chi connectivity index (χ0n) is 17.2. The van der Waals surface area contributed by atoms with Crippen molar-refractivity contribution in [2.45, 2.75) is 33.8 Å². The largest absolute Gasteiger partial charge is 0.490 e. The van der Waals surface area contributed by atoms with Gasteiger partial charge in [0.05, 0.1) is 11.7 Å². The molecule has 0 aromatic heterocycles. The summed E-state index contributed by atoms with van der Waals surface area (Å²) in [5.74, 6) is 0.140. The van der Waals surface area contributed by atoms with Crippen LogP contribution in [0.25, 0.3) is 0 Å². The summed E-state index contributed by atoms with van der Waals surface area (Å²) in [6, 6.07) is 10.8. The van der Waals surface area contributed by atoms with Crippen molar-refractivity contribution in [2.75, 3.05) is 6.61 Å². The molecule has 0 saturated heterocycles. The number of aryl methyl sites for hydroxylation is 2. The molecule has 0 atom stereocenters. The molecule has 30 heavy (non-hydrogen) atoms. The van der Waals surface area contributed by atoms with Crippen molar-refractivity contribution in [3.63, 3.8) is 0 Å². The van der Waals surface area contributed by atoms with Gasteiger partial charge in [-0.2, -0.15) is 0 Å². The first-order valence-corrected chi connectivity index (χ1v) is 10.4. The van der Waals surface area contributed by atoms with E-state index in [1.165, 1.54) is 0 Å². The van der Waals surface area contributed by atoms with Crippen molar-refractivity contribution >= 4 is 45.1 Å². The number of halogens is 1. The molecule has 0 radical (unpaired) electrons. The highest BCUT2D eigenvalue weighted by molar-refractivity contribution is 9.10. The van der Waals surface area contributed by atoms with Crippen molar-refractivity contribution in [2.24, 2.45) is 0 Å². The molecule has 2 amide bonds. The van der Waals surface area contributed by atoms with Gasteiger partial charge in [0.2, 0.25) is 0 Å². The zero-order chi connectivity index (χ0) is 22.3. The third kappa shape index (κ3) is 7.31. The van der Waals surface area contributed by atoms with Gasteiger partial charge in [-0.05, 0) is 69.7 Å². The van der Waals surface area contributed by atoms with Crippen LogP contribution in [-0.2, 0) is 4.79 Å². The Morgan fingerprint density at radius 3 is 2.43 bits per heavy atom. The maximum atomic E-state index is 12.6. The number of hydrazine groups is 1. The third-order valence-electron chi connectivity index (χ3n) is 3.78. The van der Waals surface area contributed by atoms with Crippen LogP contribution in [0.3, 0.4) is 0 Å². The second-order valence-corrected chi connectivity index (χ2v) is 8.15. The van der Waals surface area contributed by atoms with E-state index in [-0.39, 0.29) is 17.8 Å². The van der Waals surface area contributed by atoms with Gasteiger partial charge in [-0.15, -0.1) is 0 Å². The summed E-state index contributed by atoms with van der Waals surface area (Å²) < 4.78 is 11.9. The first-order valence-electron chi connectivity index (χ1n) is 9.22. The highest BCUT2D eigenvalue weighted by atomic mass is 79.9. The van der Waals surface area contributed by atoms with E-state index in [2.05, 4.69) is 32.1 Å². The molecule has 0 heterocycles. The van der Waals surface area contributed by atoms with E-state index >= 15 is 0 Å². The monoisotopic (exact) mass is 493 g/mol. The lowest BCUT2D eigenvalue weighted by Crippen LogP contribution is -2.49. The molecule has 9 heteroatoms. The molecule has 160 valence electrons. The summed E-state index contributed by atoms with van der Waals surface area (Å²) in [6.07, 6.45) is -0.0979.